The zero-order chi connectivity index (χ0) is 29.5. The molecule has 0 spiro atoms. The van der Waals surface area contributed by atoms with E-state index >= 15 is 0 Å². The zero-order valence-electron chi connectivity index (χ0n) is 25.7. The Bertz CT molecular complexity index is 1230. The van der Waals surface area contributed by atoms with Crippen LogP contribution < -0.4 is 19.7 Å². The number of benzene rings is 2. The van der Waals surface area contributed by atoms with Crippen LogP contribution in [0.5, 0.6) is 23.0 Å². The molecule has 0 aliphatic rings. The topological polar surface area (TPSA) is 103 Å². The van der Waals surface area contributed by atoms with Gasteiger partial charge in [-0.15, -0.1) is 11.5 Å². The van der Waals surface area contributed by atoms with E-state index in [1.54, 1.807) is 12.4 Å². The van der Waals surface area contributed by atoms with Crippen molar-refractivity contribution in [2.75, 3.05) is 14.2 Å². The van der Waals surface area contributed by atoms with Crippen LogP contribution in [0.4, 0.5) is 5.69 Å². The van der Waals surface area contributed by atoms with Gasteiger partial charge in [0.25, 0.3) is 0 Å². The second kappa shape index (κ2) is 14.5. The fourth-order valence-electron chi connectivity index (χ4n) is 4.47. The summed E-state index contributed by atoms with van der Waals surface area (Å²) in [4.78, 5) is 13.3. The first-order chi connectivity index (χ1) is 18.2. The number of aryl methyl sites for hydroxylation is 2. The number of ether oxygens (including phenoxy) is 2. The maximum atomic E-state index is 12.5. The minimum absolute atomic E-state index is 0. The molecule has 0 radical (unpaired) electrons. The van der Waals surface area contributed by atoms with Gasteiger partial charge in [0.1, 0.15) is 0 Å². The third-order valence-electron chi connectivity index (χ3n) is 6.36. The zero-order valence-corrected chi connectivity index (χ0v) is 26.7. The average Bonchev–Trinajstić information content (AvgIpc) is 2.89. The first-order valence-corrected chi connectivity index (χ1v) is 13.3. The van der Waals surface area contributed by atoms with Gasteiger partial charge in [-0.1, -0.05) is 73.6 Å². The number of nitrogens with zero attached hydrogens (tertiary/aromatic N) is 3. The number of hydrogen-bond donors (Lipinski definition) is 0. The van der Waals surface area contributed by atoms with Crippen LogP contribution in [-0.4, -0.2) is 29.9 Å². The maximum absolute atomic E-state index is 12.5. The largest absolute Gasteiger partial charge is 2.00 e. The summed E-state index contributed by atoms with van der Waals surface area (Å²) in [7, 11) is 2.98. The third kappa shape index (κ3) is 7.97. The van der Waals surface area contributed by atoms with E-state index in [9.17, 15) is 10.2 Å². The molecular weight excluding hydrogens is 549 g/mol. The molecule has 0 bridgehead atoms. The first kappa shape index (κ1) is 34.9. The van der Waals surface area contributed by atoms with E-state index in [0.717, 1.165) is 24.2 Å². The first-order valence-electron chi connectivity index (χ1n) is 13.3. The molecule has 0 fully saturated rings. The van der Waals surface area contributed by atoms with Crippen molar-refractivity contribution in [1.29, 1.82) is 0 Å². The molecule has 0 amide bonds. The molecule has 7 nitrogen and oxygen atoms in total. The van der Waals surface area contributed by atoms with Crippen LogP contribution in [0.15, 0.2) is 41.7 Å². The summed E-state index contributed by atoms with van der Waals surface area (Å²) < 4.78 is 10.8. The van der Waals surface area contributed by atoms with Gasteiger partial charge in [0.15, 0.2) is 17.3 Å². The van der Waals surface area contributed by atoms with Crippen molar-refractivity contribution < 1.29 is 36.2 Å². The molecule has 1 heterocycles. The molecule has 0 saturated heterocycles. The minimum Gasteiger partial charge on any atom is -0.873 e. The average molecular weight is 592 g/mol. The number of rotatable bonds is 6. The van der Waals surface area contributed by atoms with Crippen LogP contribution in [-0.2, 0) is 40.2 Å². The van der Waals surface area contributed by atoms with E-state index in [-0.39, 0.29) is 16.5 Å². The van der Waals surface area contributed by atoms with E-state index in [1.165, 1.54) is 25.3 Å². The molecule has 8 heteroatoms. The van der Waals surface area contributed by atoms with Crippen LogP contribution in [0.3, 0.4) is 0 Å². The Kier molecular flexibility index (Phi) is 12.7. The van der Waals surface area contributed by atoms with Gasteiger partial charge in [0, 0.05) is 12.4 Å². The van der Waals surface area contributed by atoms with E-state index in [4.69, 9.17) is 14.5 Å². The summed E-state index contributed by atoms with van der Waals surface area (Å²) in [6, 6.07) is 8.19. The summed E-state index contributed by atoms with van der Waals surface area (Å²) in [5, 5.41) is 25.0. The monoisotopic (exact) mass is 591 g/mol. The predicted molar refractivity (Wildman–Crippen MR) is 155 cm³/mol. The van der Waals surface area contributed by atoms with Crippen LogP contribution in [0.2, 0.25) is 0 Å². The van der Waals surface area contributed by atoms with E-state index in [1.807, 2.05) is 54.5 Å². The fourth-order valence-corrected chi connectivity index (χ4v) is 4.47. The summed E-state index contributed by atoms with van der Waals surface area (Å²) in [5.41, 5.74) is 4.24. The summed E-state index contributed by atoms with van der Waals surface area (Å²) in [5.74, 6) is 0.430. The molecule has 0 aliphatic heterocycles. The SMILES string of the molecule is CCc1cccc(CC)c1N=C(C)c1ncccn1.COc1c(OC)c(C(C)(C)C)c([O-])c([O-])c1C(C)(C)C.[Ni+2]. The van der Waals surface area contributed by atoms with E-state index < -0.39 is 22.3 Å². The minimum atomic E-state index is -0.500. The van der Waals surface area contributed by atoms with Crippen molar-refractivity contribution in [2.45, 2.75) is 86.0 Å². The van der Waals surface area contributed by atoms with E-state index in [0.29, 0.717) is 28.5 Å². The number of aromatic nitrogens is 2. The van der Waals surface area contributed by atoms with E-state index in [2.05, 4.69) is 42.0 Å². The fraction of sp³-hybridized carbons (Fsp3) is 0.469. The standard InChI is InChI=1S/C16H19N3.C16H26O4.Ni/c1-4-13-8-6-9-14(5-2)15(13)19-12(3)16-17-10-7-11-18-16;1-15(2,3)9-11(17)12(18)10(16(4,5)6)14(20-8)13(9)19-7;/h6-11H,4-5H2,1-3H3;17-18H,1-8H3;/q;;+2/p-2. The molecule has 40 heavy (non-hydrogen) atoms. The summed E-state index contributed by atoms with van der Waals surface area (Å²) >= 11 is 0. The van der Waals surface area contributed by atoms with Crippen molar-refractivity contribution in [1.82, 2.24) is 9.97 Å². The van der Waals surface area contributed by atoms with Crippen LogP contribution in [0.1, 0.15) is 90.4 Å². The Hall–Kier alpha value is -3.12. The molecule has 3 aromatic rings. The molecule has 3 rings (SSSR count). The molecular formula is C32H43N3NiO4. The van der Waals surface area contributed by atoms with Gasteiger partial charge < -0.3 is 19.7 Å². The molecule has 2 aromatic carbocycles. The van der Waals surface area contributed by atoms with Crippen molar-refractivity contribution in [2.24, 2.45) is 4.99 Å². The van der Waals surface area contributed by atoms with Crippen molar-refractivity contribution in [3.63, 3.8) is 0 Å². The van der Waals surface area contributed by atoms with Gasteiger partial charge in [-0.05, 0) is 58.9 Å². The Morgan fingerprint density at radius 1 is 0.775 bits per heavy atom. The van der Waals surface area contributed by atoms with Crippen LogP contribution >= 0.6 is 0 Å². The molecule has 0 atom stereocenters. The number of para-hydroxylation sites is 1. The normalized spacial score (nSPS) is 11.7. The Morgan fingerprint density at radius 2 is 1.18 bits per heavy atom. The molecule has 0 unspecified atom stereocenters. The Labute approximate surface area is 250 Å². The summed E-state index contributed by atoms with van der Waals surface area (Å²) in [6.07, 6.45) is 5.45. The molecule has 0 saturated carbocycles. The Balaban J connectivity index is 0.000000390. The van der Waals surface area contributed by atoms with Gasteiger partial charge in [0.05, 0.1) is 25.6 Å². The van der Waals surface area contributed by atoms with Crippen molar-refractivity contribution >= 4 is 11.4 Å². The van der Waals surface area contributed by atoms with Crippen LogP contribution in [0.25, 0.3) is 0 Å². The molecule has 0 N–H and O–H groups in total. The second-order valence-electron chi connectivity index (χ2n) is 11.4. The summed E-state index contributed by atoms with van der Waals surface area (Å²) in [6.45, 7) is 17.5. The van der Waals surface area contributed by atoms with Gasteiger partial charge in [-0.3, -0.25) is 0 Å². The predicted octanol–water partition coefficient (Wildman–Crippen LogP) is 6.19. The van der Waals surface area contributed by atoms with Gasteiger partial charge in [-0.2, -0.15) is 0 Å². The maximum Gasteiger partial charge on any atom is 2.00 e. The molecule has 1 aromatic heterocycles. The number of aliphatic imine (C=N–C) groups is 1. The third-order valence-corrected chi connectivity index (χ3v) is 6.36. The number of methoxy groups -OCH3 is 2. The molecule has 0 aliphatic carbocycles. The van der Waals surface area contributed by atoms with Crippen LogP contribution in [0, 0.1) is 0 Å². The van der Waals surface area contributed by atoms with Crippen molar-refractivity contribution in [3.05, 3.63) is 64.7 Å². The van der Waals surface area contributed by atoms with Gasteiger partial charge >= 0.3 is 16.5 Å². The van der Waals surface area contributed by atoms with Gasteiger partial charge in [0.2, 0.25) is 0 Å². The second-order valence-corrected chi connectivity index (χ2v) is 11.4. The van der Waals surface area contributed by atoms with Crippen molar-refractivity contribution in [3.8, 4) is 23.0 Å². The quantitative estimate of drug-likeness (QED) is 0.250. The number of hydrogen-bond acceptors (Lipinski definition) is 7. The molecule has 220 valence electrons. The van der Waals surface area contributed by atoms with Gasteiger partial charge in [-0.25, -0.2) is 15.0 Å². The smallest absolute Gasteiger partial charge is 0.873 e. The Morgan fingerprint density at radius 3 is 1.50 bits per heavy atom.